The fourth-order valence-corrected chi connectivity index (χ4v) is 1.89. The normalized spacial score (nSPS) is 15.3. The van der Waals surface area contributed by atoms with Gasteiger partial charge in [-0.05, 0) is 29.5 Å². The Labute approximate surface area is 113 Å². The van der Waals surface area contributed by atoms with Gasteiger partial charge in [-0.15, -0.1) is 15.0 Å². The molecular formula is C12H12FN5O2. The smallest absolute Gasteiger partial charge is 0.295 e. The molecule has 1 aliphatic heterocycles. The fraction of sp³-hybridized carbons (Fsp3) is 0.333. The number of halogens is 1. The largest absolute Gasteiger partial charge is 0.378 e. The van der Waals surface area contributed by atoms with Crippen LogP contribution in [0, 0.1) is 5.82 Å². The SMILES string of the molecule is O=C(c1nnn(-c2ccc(F)cc2)n1)N1CCOCC1. The van der Waals surface area contributed by atoms with Crippen LogP contribution in [0.5, 0.6) is 0 Å². The third-order valence-corrected chi connectivity index (χ3v) is 2.96. The number of hydrogen-bond donors (Lipinski definition) is 0. The lowest BCUT2D eigenvalue weighted by atomic mass is 10.3. The highest BCUT2D eigenvalue weighted by atomic mass is 19.1. The van der Waals surface area contributed by atoms with E-state index < -0.39 is 0 Å². The minimum Gasteiger partial charge on any atom is -0.378 e. The quantitative estimate of drug-likeness (QED) is 0.788. The number of tetrazole rings is 1. The van der Waals surface area contributed by atoms with Crippen molar-refractivity contribution in [1.29, 1.82) is 0 Å². The molecule has 2 heterocycles. The molecular weight excluding hydrogens is 265 g/mol. The van der Waals surface area contributed by atoms with Gasteiger partial charge in [0.25, 0.3) is 11.7 Å². The second-order valence-electron chi connectivity index (χ2n) is 4.28. The van der Waals surface area contributed by atoms with Crippen molar-refractivity contribution in [3.63, 3.8) is 0 Å². The van der Waals surface area contributed by atoms with E-state index in [0.29, 0.717) is 32.0 Å². The molecule has 1 aromatic heterocycles. The van der Waals surface area contributed by atoms with Crippen molar-refractivity contribution in [3.8, 4) is 5.69 Å². The van der Waals surface area contributed by atoms with Crippen molar-refractivity contribution >= 4 is 5.91 Å². The van der Waals surface area contributed by atoms with Crippen LogP contribution in [0.4, 0.5) is 4.39 Å². The van der Waals surface area contributed by atoms with Crippen LogP contribution in [0.1, 0.15) is 10.6 Å². The molecule has 7 nitrogen and oxygen atoms in total. The van der Waals surface area contributed by atoms with Crippen LogP contribution < -0.4 is 0 Å². The molecule has 1 fully saturated rings. The predicted octanol–water partition coefficient (Wildman–Crippen LogP) is 0.274. The van der Waals surface area contributed by atoms with Crippen LogP contribution >= 0.6 is 0 Å². The van der Waals surface area contributed by atoms with Crippen molar-refractivity contribution in [2.75, 3.05) is 26.3 Å². The standard InChI is InChI=1S/C12H12FN5O2/c13-9-1-3-10(4-2-9)18-15-11(14-16-18)12(19)17-5-7-20-8-6-17/h1-4H,5-8H2. The van der Waals surface area contributed by atoms with Gasteiger partial charge in [0, 0.05) is 13.1 Å². The van der Waals surface area contributed by atoms with Crippen molar-refractivity contribution in [3.05, 3.63) is 35.9 Å². The van der Waals surface area contributed by atoms with E-state index in [4.69, 9.17) is 4.74 Å². The van der Waals surface area contributed by atoms with Gasteiger partial charge in [-0.1, -0.05) is 0 Å². The number of carbonyl (C=O) groups is 1. The Kier molecular flexibility index (Phi) is 3.38. The molecule has 104 valence electrons. The Bertz CT molecular complexity index is 607. The van der Waals surface area contributed by atoms with Gasteiger partial charge in [-0.3, -0.25) is 4.79 Å². The van der Waals surface area contributed by atoms with E-state index in [0.717, 1.165) is 0 Å². The van der Waals surface area contributed by atoms with Crippen LogP contribution in [-0.2, 0) is 4.74 Å². The summed E-state index contributed by atoms with van der Waals surface area (Å²) in [6.07, 6.45) is 0. The molecule has 20 heavy (non-hydrogen) atoms. The molecule has 0 bridgehead atoms. The van der Waals surface area contributed by atoms with Gasteiger partial charge in [-0.25, -0.2) is 4.39 Å². The molecule has 0 radical (unpaired) electrons. The summed E-state index contributed by atoms with van der Waals surface area (Å²) in [5.41, 5.74) is 0.542. The van der Waals surface area contributed by atoms with E-state index >= 15 is 0 Å². The maximum Gasteiger partial charge on any atom is 0.295 e. The lowest BCUT2D eigenvalue weighted by molar-refractivity contribution is 0.0294. The van der Waals surface area contributed by atoms with Gasteiger partial charge in [0.15, 0.2) is 0 Å². The van der Waals surface area contributed by atoms with E-state index in [-0.39, 0.29) is 17.5 Å². The third kappa shape index (κ3) is 2.50. The van der Waals surface area contributed by atoms with Gasteiger partial charge in [0.1, 0.15) is 5.82 Å². The zero-order chi connectivity index (χ0) is 13.9. The highest BCUT2D eigenvalue weighted by molar-refractivity contribution is 5.90. The summed E-state index contributed by atoms with van der Waals surface area (Å²) < 4.78 is 18.0. The summed E-state index contributed by atoms with van der Waals surface area (Å²) in [5.74, 6) is -0.601. The highest BCUT2D eigenvalue weighted by Gasteiger charge is 2.22. The zero-order valence-corrected chi connectivity index (χ0v) is 10.6. The van der Waals surface area contributed by atoms with E-state index in [1.807, 2.05) is 0 Å². The number of ether oxygens (including phenoxy) is 1. The highest BCUT2D eigenvalue weighted by Crippen LogP contribution is 2.07. The van der Waals surface area contributed by atoms with Crippen molar-refractivity contribution < 1.29 is 13.9 Å². The minimum absolute atomic E-state index is 0.0243. The van der Waals surface area contributed by atoms with Gasteiger partial charge in [0.05, 0.1) is 18.9 Å². The molecule has 0 N–H and O–H groups in total. The molecule has 1 amide bonds. The average molecular weight is 277 g/mol. The van der Waals surface area contributed by atoms with E-state index in [1.54, 1.807) is 4.90 Å². The Morgan fingerprint density at radius 2 is 1.90 bits per heavy atom. The van der Waals surface area contributed by atoms with Gasteiger partial charge >= 0.3 is 0 Å². The Morgan fingerprint density at radius 3 is 2.60 bits per heavy atom. The first-order valence-corrected chi connectivity index (χ1v) is 6.17. The lowest BCUT2D eigenvalue weighted by Crippen LogP contribution is -2.41. The molecule has 0 unspecified atom stereocenters. The van der Waals surface area contributed by atoms with Crippen molar-refractivity contribution in [2.45, 2.75) is 0 Å². The van der Waals surface area contributed by atoms with Crippen molar-refractivity contribution in [2.24, 2.45) is 0 Å². The van der Waals surface area contributed by atoms with E-state index in [2.05, 4.69) is 15.4 Å². The molecule has 3 rings (SSSR count). The van der Waals surface area contributed by atoms with Crippen molar-refractivity contribution in [1.82, 2.24) is 25.1 Å². The van der Waals surface area contributed by atoms with Gasteiger partial charge in [-0.2, -0.15) is 0 Å². The monoisotopic (exact) mass is 277 g/mol. The average Bonchev–Trinajstić information content (AvgIpc) is 2.98. The molecule has 0 spiro atoms. The zero-order valence-electron chi connectivity index (χ0n) is 10.6. The summed E-state index contributed by atoms with van der Waals surface area (Å²) >= 11 is 0. The number of rotatable bonds is 2. The van der Waals surface area contributed by atoms with E-state index in [9.17, 15) is 9.18 Å². The van der Waals surface area contributed by atoms with Crippen LogP contribution in [0.25, 0.3) is 5.69 Å². The number of aromatic nitrogens is 4. The molecule has 0 saturated carbocycles. The van der Waals surface area contributed by atoms with Crippen LogP contribution in [-0.4, -0.2) is 57.3 Å². The van der Waals surface area contributed by atoms with Gasteiger partial charge < -0.3 is 9.64 Å². The first-order valence-electron chi connectivity index (χ1n) is 6.17. The molecule has 0 atom stereocenters. The molecule has 2 aromatic rings. The minimum atomic E-state index is -0.349. The second-order valence-corrected chi connectivity index (χ2v) is 4.28. The number of carbonyl (C=O) groups excluding carboxylic acids is 1. The Morgan fingerprint density at radius 1 is 1.20 bits per heavy atom. The summed E-state index contributed by atoms with van der Waals surface area (Å²) in [5, 5.41) is 11.6. The number of benzene rings is 1. The van der Waals surface area contributed by atoms with Crippen LogP contribution in [0.2, 0.25) is 0 Å². The number of morpholine rings is 1. The number of nitrogens with zero attached hydrogens (tertiary/aromatic N) is 5. The molecule has 1 aromatic carbocycles. The molecule has 1 saturated heterocycles. The van der Waals surface area contributed by atoms with Gasteiger partial charge in [0.2, 0.25) is 0 Å². The molecule has 1 aliphatic rings. The topological polar surface area (TPSA) is 73.1 Å². The lowest BCUT2D eigenvalue weighted by Gasteiger charge is -2.25. The number of hydrogen-bond acceptors (Lipinski definition) is 5. The number of amides is 1. The predicted molar refractivity (Wildman–Crippen MR) is 65.8 cm³/mol. The Hall–Kier alpha value is -2.35. The van der Waals surface area contributed by atoms with E-state index in [1.165, 1.54) is 29.1 Å². The van der Waals surface area contributed by atoms with Crippen LogP contribution in [0.15, 0.2) is 24.3 Å². The summed E-state index contributed by atoms with van der Waals surface area (Å²) in [7, 11) is 0. The molecule has 0 aliphatic carbocycles. The first kappa shape index (κ1) is 12.7. The summed E-state index contributed by atoms with van der Waals surface area (Å²) in [6.45, 7) is 2.06. The Balaban J connectivity index is 1.79. The first-order chi connectivity index (χ1) is 9.74. The van der Waals surface area contributed by atoms with Crippen LogP contribution in [0.3, 0.4) is 0 Å². The summed E-state index contributed by atoms with van der Waals surface area (Å²) in [6, 6.07) is 5.62. The maximum atomic E-state index is 12.8. The second kappa shape index (κ2) is 5.33. The maximum absolute atomic E-state index is 12.8. The summed E-state index contributed by atoms with van der Waals surface area (Å²) in [4.78, 5) is 15.0. The molecule has 8 heteroatoms. The fourth-order valence-electron chi connectivity index (χ4n) is 1.89. The third-order valence-electron chi connectivity index (χ3n) is 2.96.